The Hall–Kier alpha value is -1.06. The zero-order valence-electron chi connectivity index (χ0n) is 17.8. The predicted molar refractivity (Wildman–Crippen MR) is 119 cm³/mol. The standard InChI is InChI=1S/C21H31BrN2O5S/c1-6-7-23(11(4)5)19(27)17-21-8-12(22)16(30-21)14(20(28)29)15(21)18(26)24(17)13(9-25)10(2)3/h6,10-17,25H,1,7-9H2,2-5H3,(H,28,29)/t12?,13-,14-,15-,16-,17?,21?/m0/s1. The van der Waals surface area contributed by atoms with Crippen molar-refractivity contribution in [3.05, 3.63) is 12.7 Å². The number of carboxylic acid groups (broad SMARTS) is 1. The molecule has 0 radical (unpaired) electrons. The molecular weight excluding hydrogens is 472 g/mol. The van der Waals surface area contributed by atoms with Crippen molar-refractivity contribution < 1.29 is 24.6 Å². The number of rotatable bonds is 8. The van der Waals surface area contributed by atoms with E-state index in [4.69, 9.17) is 0 Å². The van der Waals surface area contributed by atoms with Crippen molar-refractivity contribution in [1.82, 2.24) is 9.80 Å². The number of amides is 2. The van der Waals surface area contributed by atoms with Gasteiger partial charge in [-0.1, -0.05) is 35.9 Å². The second kappa shape index (κ2) is 8.47. The molecule has 3 rings (SSSR count). The van der Waals surface area contributed by atoms with Gasteiger partial charge in [0, 0.05) is 22.7 Å². The van der Waals surface area contributed by atoms with Gasteiger partial charge in [0.05, 0.1) is 29.2 Å². The summed E-state index contributed by atoms with van der Waals surface area (Å²) in [5, 5.41) is 19.8. The molecule has 30 heavy (non-hydrogen) atoms. The Bertz CT molecular complexity index is 747. The number of nitrogens with zero attached hydrogens (tertiary/aromatic N) is 2. The number of carbonyl (C=O) groups excluding carboxylic acids is 2. The molecule has 0 saturated carbocycles. The molecular formula is C21H31BrN2O5S. The number of aliphatic carboxylic acids is 1. The van der Waals surface area contributed by atoms with E-state index in [1.54, 1.807) is 11.0 Å². The second-order valence-corrected chi connectivity index (χ2v) is 11.8. The van der Waals surface area contributed by atoms with Crippen LogP contribution in [0.2, 0.25) is 0 Å². The van der Waals surface area contributed by atoms with Crippen LogP contribution in [0.4, 0.5) is 0 Å². The van der Waals surface area contributed by atoms with Gasteiger partial charge in [-0.3, -0.25) is 14.4 Å². The predicted octanol–water partition coefficient (Wildman–Crippen LogP) is 1.98. The molecule has 3 unspecified atom stereocenters. The Morgan fingerprint density at radius 3 is 2.50 bits per heavy atom. The Morgan fingerprint density at radius 2 is 2.03 bits per heavy atom. The fourth-order valence-corrected chi connectivity index (χ4v) is 9.04. The molecule has 3 aliphatic heterocycles. The van der Waals surface area contributed by atoms with E-state index >= 15 is 0 Å². The number of fused-ring (bicyclic) bond motifs is 1. The first-order chi connectivity index (χ1) is 14.0. The SMILES string of the molecule is C=CCN(C(=O)C1N([C@@H](CO)C(C)C)C(=O)[C@@H]2[C@H](C(=O)O)[C@H]3SC12CC3Br)C(C)C. The molecule has 3 saturated heterocycles. The largest absolute Gasteiger partial charge is 0.481 e. The molecule has 0 aliphatic carbocycles. The van der Waals surface area contributed by atoms with Gasteiger partial charge >= 0.3 is 5.97 Å². The minimum Gasteiger partial charge on any atom is -0.481 e. The van der Waals surface area contributed by atoms with Gasteiger partial charge in [-0.05, 0) is 26.2 Å². The third-order valence-corrected chi connectivity index (χ3v) is 10.0. The summed E-state index contributed by atoms with van der Waals surface area (Å²) in [5.74, 6) is -3.20. The fraction of sp³-hybridized carbons (Fsp3) is 0.762. The van der Waals surface area contributed by atoms with Gasteiger partial charge in [-0.2, -0.15) is 0 Å². The van der Waals surface area contributed by atoms with E-state index in [-0.39, 0.29) is 40.5 Å². The number of alkyl halides is 1. The number of aliphatic hydroxyl groups excluding tert-OH is 1. The van der Waals surface area contributed by atoms with Crippen LogP contribution in [0.1, 0.15) is 34.1 Å². The highest BCUT2D eigenvalue weighted by Crippen LogP contribution is 2.68. The Labute approximate surface area is 190 Å². The summed E-state index contributed by atoms with van der Waals surface area (Å²) < 4.78 is -0.813. The summed E-state index contributed by atoms with van der Waals surface area (Å²) in [4.78, 5) is 42.9. The van der Waals surface area contributed by atoms with E-state index in [0.29, 0.717) is 13.0 Å². The second-order valence-electron chi connectivity index (χ2n) is 9.11. The average molecular weight is 503 g/mol. The molecule has 9 heteroatoms. The molecule has 3 heterocycles. The third kappa shape index (κ3) is 3.32. The molecule has 7 nitrogen and oxygen atoms in total. The molecule has 3 aliphatic rings. The van der Waals surface area contributed by atoms with Crippen LogP contribution in [-0.4, -0.2) is 83.9 Å². The molecule has 168 valence electrons. The molecule has 7 atom stereocenters. The molecule has 0 aromatic heterocycles. The third-order valence-electron chi connectivity index (χ3n) is 6.79. The maximum absolute atomic E-state index is 13.9. The summed E-state index contributed by atoms with van der Waals surface area (Å²) in [6.45, 7) is 11.5. The summed E-state index contributed by atoms with van der Waals surface area (Å²) in [6, 6.07) is -1.46. The minimum atomic E-state index is -0.998. The van der Waals surface area contributed by atoms with E-state index in [9.17, 15) is 24.6 Å². The lowest BCUT2D eigenvalue weighted by molar-refractivity contribution is -0.150. The number of likely N-dealkylation sites (tertiary alicyclic amines) is 1. The van der Waals surface area contributed by atoms with Crippen molar-refractivity contribution in [3.8, 4) is 0 Å². The normalized spacial score (nSPS) is 35.8. The molecule has 2 bridgehead atoms. The van der Waals surface area contributed by atoms with E-state index < -0.39 is 34.6 Å². The average Bonchev–Trinajstić information content (AvgIpc) is 3.23. The number of thioether (sulfide) groups is 1. The van der Waals surface area contributed by atoms with Crippen LogP contribution in [0.25, 0.3) is 0 Å². The zero-order chi connectivity index (χ0) is 22.5. The monoisotopic (exact) mass is 502 g/mol. The minimum absolute atomic E-state index is 0.0818. The Morgan fingerprint density at radius 1 is 1.40 bits per heavy atom. The quantitative estimate of drug-likeness (QED) is 0.389. The smallest absolute Gasteiger partial charge is 0.308 e. The lowest BCUT2D eigenvalue weighted by atomic mass is 9.71. The van der Waals surface area contributed by atoms with E-state index in [1.165, 1.54) is 16.7 Å². The first kappa shape index (κ1) is 23.6. The van der Waals surface area contributed by atoms with E-state index in [0.717, 1.165) is 0 Å². The number of hydrogen-bond donors (Lipinski definition) is 2. The number of halogens is 1. The van der Waals surface area contributed by atoms with Gasteiger partial charge in [0.25, 0.3) is 0 Å². The Balaban J connectivity index is 2.16. The lowest BCUT2D eigenvalue weighted by Crippen LogP contribution is -2.59. The van der Waals surface area contributed by atoms with Gasteiger partial charge in [-0.25, -0.2) is 0 Å². The van der Waals surface area contributed by atoms with Gasteiger partial charge in [0.15, 0.2) is 0 Å². The summed E-state index contributed by atoms with van der Waals surface area (Å²) in [5.41, 5.74) is 0. The highest BCUT2D eigenvalue weighted by Gasteiger charge is 2.76. The van der Waals surface area contributed by atoms with Crippen LogP contribution in [0.5, 0.6) is 0 Å². The first-order valence-electron chi connectivity index (χ1n) is 10.4. The molecule has 2 amide bonds. The number of aliphatic hydroxyl groups is 1. The van der Waals surface area contributed by atoms with Crippen molar-refractivity contribution in [2.24, 2.45) is 17.8 Å². The van der Waals surface area contributed by atoms with Crippen molar-refractivity contribution in [2.45, 2.75) is 67.1 Å². The summed E-state index contributed by atoms with van der Waals surface area (Å²) >= 11 is 5.11. The van der Waals surface area contributed by atoms with Crippen LogP contribution >= 0.6 is 27.7 Å². The topological polar surface area (TPSA) is 98.2 Å². The van der Waals surface area contributed by atoms with Crippen molar-refractivity contribution in [3.63, 3.8) is 0 Å². The van der Waals surface area contributed by atoms with Crippen molar-refractivity contribution in [1.29, 1.82) is 0 Å². The highest BCUT2D eigenvalue weighted by atomic mass is 79.9. The van der Waals surface area contributed by atoms with Gasteiger partial charge in [-0.15, -0.1) is 18.3 Å². The Kier molecular flexibility index (Phi) is 6.66. The maximum atomic E-state index is 13.9. The van der Waals surface area contributed by atoms with Crippen LogP contribution in [-0.2, 0) is 14.4 Å². The van der Waals surface area contributed by atoms with Gasteiger partial charge < -0.3 is 20.0 Å². The lowest BCUT2D eigenvalue weighted by Gasteiger charge is -2.41. The molecule has 3 fully saturated rings. The van der Waals surface area contributed by atoms with Crippen molar-refractivity contribution >= 4 is 45.5 Å². The van der Waals surface area contributed by atoms with Crippen LogP contribution in [0.3, 0.4) is 0 Å². The summed E-state index contributed by atoms with van der Waals surface area (Å²) in [6.07, 6.45) is 2.21. The number of carbonyl (C=O) groups is 3. The van der Waals surface area contributed by atoms with E-state index in [2.05, 4.69) is 22.5 Å². The molecule has 2 N–H and O–H groups in total. The number of hydrogen-bond acceptors (Lipinski definition) is 5. The van der Waals surface area contributed by atoms with Gasteiger partial charge in [0.2, 0.25) is 11.8 Å². The highest BCUT2D eigenvalue weighted by molar-refractivity contribution is 9.09. The fourth-order valence-electron chi connectivity index (χ4n) is 5.46. The van der Waals surface area contributed by atoms with Crippen LogP contribution < -0.4 is 0 Å². The van der Waals surface area contributed by atoms with Crippen LogP contribution in [0.15, 0.2) is 12.7 Å². The maximum Gasteiger partial charge on any atom is 0.308 e. The van der Waals surface area contributed by atoms with Crippen molar-refractivity contribution in [2.75, 3.05) is 13.2 Å². The summed E-state index contributed by atoms with van der Waals surface area (Å²) in [7, 11) is 0. The molecule has 1 spiro atoms. The molecule has 0 aromatic rings. The zero-order valence-corrected chi connectivity index (χ0v) is 20.2. The first-order valence-corrected chi connectivity index (χ1v) is 12.2. The van der Waals surface area contributed by atoms with Crippen LogP contribution in [0, 0.1) is 17.8 Å². The number of carboxylic acids is 1. The molecule has 0 aromatic carbocycles. The van der Waals surface area contributed by atoms with E-state index in [1.807, 2.05) is 27.7 Å². The van der Waals surface area contributed by atoms with Gasteiger partial charge in [0.1, 0.15) is 6.04 Å².